The summed E-state index contributed by atoms with van der Waals surface area (Å²) < 4.78 is 40.1. The van der Waals surface area contributed by atoms with Crippen LogP contribution in [0.4, 0.5) is 13.2 Å². The number of pyridine rings is 1. The molecule has 128 valence electrons. The molecule has 10 heteroatoms. The van der Waals surface area contributed by atoms with E-state index in [1.54, 1.807) is 11.3 Å². The van der Waals surface area contributed by atoms with E-state index in [0.717, 1.165) is 35.8 Å². The number of nitrogens with zero attached hydrogens (tertiary/aromatic N) is 4. The van der Waals surface area contributed by atoms with Gasteiger partial charge in [-0.2, -0.15) is 13.2 Å². The molecule has 3 heterocycles. The maximum atomic E-state index is 12.9. The lowest BCUT2D eigenvalue weighted by Gasteiger charge is -2.08. The number of hydrogen-bond acceptors (Lipinski definition) is 5. The second-order valence-electron chi connectivity index (χ2n) is 5.02. The fourth-order valence-electron chi connectivity index (χ4n) is 2.07. The quantitative estimate of drug-likeness (QED) is 0.566. The van der Waals surface area contributed by atoms with Gasteiger partial charge in [0.2, 0.25) is 0 Å². The normalized spacial score (nSPS) is 12.2. The zero-order chi connectivity index (χ0) is 17.3. The van der Waals surface area contributed by atoms with E-state index in [1.807, 2.05) is 5.38 Å². The summed E-state index contributed by atoms with van der Waals surface area (Å²) in [6.07, 6.45) is -1.57. The van der Waals surface area contributed by atoms with Crippen LogP contribution in [0.5, 0.6) is 0 Å². The predicted octanol–water partition coefficient (Wildman–Crippen LogP) is 5.10. The summed E-state index contributed by atoms with van der Waals surface area (Å²) in [7, 11) is 0. The Bertz CT molecular complexity index is 859. The van der Waals surface area contributed by atoms with Crippen molar-refractivity contribution in [1.82, 2.24) is 19.6 Å². The van der Waals surface area contributed by atoms with Crippen LogP contribution in [0.15, 0.2) is 22.8 Å². The van der Waals surface area contributed by atoms with Crippen LogP contribution in [0, 0.1) is 0 Å². The molecule has 4 nitrogen and oxygen atoms in total. The molecule has 3 aromatic rings. The number of halogens is 4. The van der Waals surface area contributed by atoms with Gasteiger partial charge in [-0.1, -0.05) is 30.3 Å². The first kappa shape index (κ1) is 17.5. The highest BCUT2D eigenvalue weighted by atomic mass is 35.5. The number of fused-ring (bicyclic) bond motifs is 1. The van der Waals surface area contributed by atoms with Crippen molar-refractivity contribution in [2.75, 3.05) is 0 Å². The minimum atomic E-state index is -4.48. The van der Waals surface area contributed by atoms with Gasteiger partial charge >= 0.3 is 6.18 Å². The molecule has 0 bridgehead atoms. The summed E-state index contributed by atoms with van der Waals surface area (Å²) >= 11 is 8.76. The molecule has 0 saturated heterocycles. The van der Waals surface area contributed by atoms with Gasteiger partial charge in [-0.3, -0.25) is 4.40 Å². The number of hydrogen-bond donors (Lipinski definition) is 0. The van der Waals surface area contributed by atoms with Gasteiger partial charge in [-0.05, 0) is 18.9 Å². The Morgan fingerprint density at radius 1 is 1.33 bits per heavy atom. The molecule has 0 aliphatic carbocycles. The third-order valence-corrected chi connectivity index (χ3v) is 5.38. The molecule has 0 spiro atoms. The van der Waals surface area contributed by atoms with Gasteiger partial charge in [-0.15, -0.1) is 21.5 Å². The Morgan fingerprint density at radius 3 is 2.83 bits per heavy atom. The van der Waals surface area contributed by atoms with Gasteiger partial charge in [0.25, 0.3) is 0 Å². The number of alkyl halides is 3. The molecule has 0 saturated carbocycles. The molecular formula is C14H12ClF3N4S2. The molecule has 0 aromatic carbocycles. The first-order valence-corrected chi connectivity index (χ1v) is 9.30. The average molecular weight is 393 g/mol. The summed E-state index contributed by atoms with van der Waals surface area (Å²) in [5.74, 6) is 0.509. The third kappa shape index (κ3) is 3.68. The smallest absolute Gasteiger partial charge is 0.276 e. The number of thiazole rings is 1. The van der Waals surface area contributed by atoms with Crippen molar-refractivity contribution in [2.24, 2.45) is 0 Å². The molecule has 0 amide bonds. The van der Waals surface area contributed by atoms with Crippen molar-refractivity contribution in [2.45, 2.75) is 36.9 Å². The van der Waals surface area contributed by atoms with Crippen LogP contribution in [0.25, 0.3) is 5.65 Å². The Morgan fingerprint density at radius 2 is 2.12 bits per heavy atom. The number of aryl methyl sites for hydroxylation is 1. The SMILES string of the molecule is CCCc1nc(CSc2nnc3c(Cl)cc(C(F)(F)F)cn23)cs1. The Balaban J connectivity index is 1.85. The van der Waals surface area contributed by atoms with Crippen molar-refractivity contribution in [1.29, 1.82) is 0 Å². The van der Waals surface area contributed by atoms with Crippen molar-refractivity contribution in [3.05, 3.63) is 38.9 Å². The summed E-state index contributed by atoms with van der Waals surface area (Å²) in [4.78, 5) is 4.49. The van der Waals surface area contributed by atoms with Gasteiger partial charge in [0.05, 0.1) is 21.3 Å². The summed E-state index contributed by atoms with van der Waals surface area (Å²) in [5.41, 5.74) is 0.251. The zero-order valence-corrected chi connectivity index (χ0v) is 14.9. The molecule has 3 rings (SSSR count). The summed E-state index contributed by atoms with van der Waals surface area (Å²) in [6.45, 7) is 2.08. The van der Waals surface area contributed by atoms with E-state index in [0.29, 0.717) is 10.9 Å². The Labute approximate surface area is 149 Å². The average Bonchev–Trinajstić information content (AvgIpc) is 3.11. The molecule has 0 aliphatic rings. The fraction of sp³-hybridized carbons (Fsp3) is 0.357. The molecule has 3 aromatic heterocycles. The number of rotatable bonds is 5. The minimum absolute atomic E-state index is 0.0805. The van der Waals surface area contributed by atoms with Crippen LogP contribution in [0.3, 0.4) is 0 Å². The van der Waals surface area contributed by atoms with E-state index in [2.05, 4.69) is 22.1 Å². The highest BCUT2D eigenvalue weighted by Gasteiger charge is 2.32. The molecular weight excluding hydrogens is 381 g/mol. The topological polar surface area (TPSA) is 43.1 Å². The van der Waals surface area contributed by atoms with Gasteiger partial charge < -0.3 is 0 Å². The van der Waals surface area contributed by atoms with Crippen LogP contribution in [-0.4, -0.2) is 19.6 Å². The Kier molecular flexibility index (Phi) is 5.03. The van der Waals surface area contributed by atoms with Crippen LogP contribution in [0.2, 0.25) is 5.02 Å². The lowest BCUT2D eigenvalue weighted by molar-refractivity contribution is -0.137. The molecule has 0 fully saturated rings. The van der Waals surface area contributed by atoms with Crippen LogP contribution < -0.4 is 0 Å². The maximum absolute atomic E-state index is 12.9. The van der Waals surface area contributed by atoms with Crippen LogP contribution in [0.1, 0.15) is 29.6 Å². The zero-order valence-electron chi connectivity index (χ0n) is 12.5. The van der Waals surface area contributed by atoms with E-state index in [9.17, 15) is 13.2 Å². The minimum Gasteiger partial charge on any atom is -0.276 e. The highest BCUT2D eigenvalue weighted by Crippen LogP contribution is 2.33. The van der Waals surface area contributed by atoms with Crippen LogP contribution in [-0.2, 0) is 18.3 Å². The molecule has 0 N–H and O–H groups in total. The predicted molar refractivity (Wildman–Crippen MR) is 88.7 cm³/mol. The number of aromatic nitrogens is 4. The van der Waals surface area contributed by atoms with Gasteiger partial charge in [-0.25, -0.2) is 4.98 Å². The molecule has 0 atom stereocenters. The van der Waals surface area contributed by atoms with E-state index in [4.69, 9.17) is 11.6 Å². The summed E-state index contributed by atoms with van der Waals surface area (Å²) in [5, 5.41) is 11.1. The molecule has 24 heavy (non-hydrogen) atoms. The fourth-order valence-corrected chi connectivity index (χ4v) is 4.12. The van der Waals surface area contributed by atoms with Crippen molar-refractivity contribution < 1.29 is 13.2 Å². The molecule has 0 radical (unpaired) electrons. The lowest BCUT2D eigenvalue weighted by Crippen LogP contribution is -2.07. The first-order valence-electron chi connectivity index (χ1n) is 7.06. The van der Waals surface area contributed by atoms with E-state index >= 15 is 0 Å². The van der Waals surface area contributed by atoms with Gasteiger partial charge in [0.15, 0.2) is 10.8 Å². The van der Waals surface area contributed by atoms with Crippen molar-refractivity contribution in [3.63, 3.8) is 0 Å². The van der Waals surface area contributed by atoms with Gasteiger partial charge in [0, 0.05) is 17.3 Å². The first-order chi connectivity index (χ1) is 11.4. The largest absolute Gasteiger partial charge is 0.417 e. The lowest BCUT2D eigenvalue weighted by atomic mass is 10.3. The van der Waals surface area contributed by atoms with Crippen molar-refractivity contribution >= 4 is 40.3 Å². The van der Waals surface area contributed by atoms with Crippen molar-refractivity contribution in [3.8, 4) is 0 Å². The van der Waals surface area contributed by atoms with E-state index < -0.39 is 11.7 Å². The Hall–Kier alpha value is -1.32. The maximum Gasteiger partial charge on any atom is 0.417 e. The second-order valence-corrected chi connectivity index (χ2v) is 7.31. The van der Waals surface area contributed by atoms with E-state index in [1.165, 1.54) is 16.2 Å². The molecule has 0 aliphatic heterocycles. The van der Waals surface area contributed by atoms with Gasteiger partial charge in [0.1, 0.15) is 0 Å². The second kappa shape index (κ2) is 6.89. The standard InChI is InChI=1S/C14H12ClF3N4S2/c1-2-3-11-19-9(6-23-11)7-24-13-21-20-12-10(15)4-8(5-22(12)13)14(16,17)18/h4-6H,2-3,7H2,1H3. The number of thioether (sulfide) groups is 1. The third-order valence-electron chi connectivity index (χ3n) is 3.17. The summed E-state index contributed by atoms with van der Waals surface area (Å²) in [6, 6.07) is 0.859. The monoisotopic (exact) mass is 392 g/mol. The van der Waals surface area contributed by atoms with E-state index in [-0.39, 0.29) is 10.7 Å². The molecule has 0 unspecified atom stereocenters. The highest BCUT2D eigenvalue weighted by molar-refractivity contribution is 7.98. The van der Waals surface area contributed by atoms with Crippen LogP contribution >= 0.6 is 34.7 Å².